The highest BCUT2D eigenvalue weighted by Crippen LogP contribution is 2.24. The van der Waals surface area contributed by atoms with Crippen molar-refractivity contribution in [2.75, 3.05) is 0 Å². The van der Waals surface area contributed by atoms with E-state index in [4.69, 9.17) is 4.74 Å². The van der Waals surface area contributed by atoms with Crippen LogP contribution in [0.4, 0.5) is 0 Å². The minimum absolute atomic E-state index is 0.0198. The molecule has 0 unspecified atom stereocenters. The molecule has 3 heterocycles. The third kappa shape index (κ3) is 2.50. The van der Waals surface area contributed by atoms with Crippen LogP contribution in [-0.2, 0) is 4.79 Å². The quantitative estimate of drug-likeness (QED) is 0.510. The van der Waals surface area contributed by atoms with E-state index in [1.54, 1.807) is 0 Å². The van der Waals surface area contributed by atoms with Crippen molar-refractivity contribution in [3.8, 4) is 5.88 Å². The number of carbonyl (C=O) groups excluding carboxylic acids is 1. The molecular formula is C9H9N9O2. The fraction of sp³-hybridized carbons (Fsp3) is 0.222. The molecular weight excluding hydrogens is 266 g/mol. The van der Waals surface area contributed by atoms with Gasteiger partial charge in [0.15, 0.2) is 0 Å². The first-order valence-electron chi connectivity index (χ1n) is 5.60. The van der Waals surface area contributed by atoms with Crippen LogP contribution in [0.3, 0.4) is 0 Å². The predicted octanol–water partition coefficient (Wildman–Crippen LogP) is -0.832. The molecule has 102 valence electrons. The molecule has 0 fully saturated rings. The average molecular weight is 275 g/mol. The standard InChI is InChI=1S/C9H9N9O2/c19-9(20-8-4-12-18-15-8)1-5(6-2-10-16-13-6)7-3-11-17-14-7/h2-5H,1H2,(H,10,13,16)(H,11,14,17)(H,12,15,18). The normalized spacial score (nSPS) is 10.8. The van der Waals surface area contributed by atoms with E-state index in [-0.39, 0.29) is 12.3 Å². The van der Waals surface area contributed by atoms with E-state index in [9.17, 15) is 4.79 Å². The Morgan fingerprint density at radius 3 is 2.10 bits per heavy atom. The number of nitrogens with zero attached hydrogens (tertiary/aromatic N) is 6. The summed E-state index contributed by atoms with van der Waals surface area (Å²) < 4.78 is 5.02. The monoisotopic (exact) mass is 275 g/mol. The number of aromatic nitrogens is 9. The molecule has 0 bridgehead atoms. The van der Waals surface area contributed by atoms with Crippen LogP contribution < -0.4 is 4.74 Å². The van der Waals surface area contributed by atoms with Crippen molar-refractivity contribution >= 4 is 5.97 Å². The summed E-state index contributed by atoms with van der Waals surface area (Å²) in [6, 6.07) is 0. The van der Waals surface area contributed by atoms with E-state index < -0.39 is 11.9 Å². The molecule has 0 saturated carbocycles. The number of H-pyrrole nitrogens is 3. The Kier molecular flexibility index (Phi) is 3.14. The van der Waals surface area contributed by atoms with Gasteiger partial charge in [-0.05, 0) is 0 Å². The summed E-state index contributed by atoms with van der Waals surface area (Å²) in [5, 5.41) is 29.9. The highest BCUT2D eigenvalue weighted by molar-refractivity contribution is 5.73. The Morgan fingerprint density at radius 1 is 1.00 bits per heavy atom. The van der Waals surface area contributed by atoms with Gasteiger partial charge >= 0.3 is 5.97 Å². The molecule has 0 amide bonds. The van der Waals surface area contributed by atoms with Crippen LogP contribution in [-0.4, -0.2) is 52.2 Å². The van der Waals surface area contributed by atoms with Crippen LogP contribution in [0.25, 0.3) is 0 Å². The highest BCUT2D eigenvalue weighted by Gasteiger charge is 2.24. The van der Waals surface area contributed by atoms with Crippen molar-refractivity contribution in [3.63, 3.8) is 0 Å². The second-order valence-corrected chi connectivity index (χ2v) is 3.83. The minimum Gasteiger partial charge on any atom is -0.404 e. The van der Waals surface area contributed by atoms with Crippen LogP contribution >= 0.6 is 0 Å². The summed E-state index contributed by atoms with van der Waals surface area (Å²) in [6.45, 7) is 0. The van der Waals surface area contributed by atoms with Gasteiger partial charge < -0.3 is 4.74 Å². The van der Waals surface area contributed by atoms with E-state index in [1.807, 2.05) is 0 Å². The van der Waals surface area contributed by atoms with Gasteiger partial charge in [-0.2, -0.15) is 41.1 Å². The molecule has 11 heteroatoms. The Balaban J connectivity index is 1.75. The maximum atomic E-state index is 11.9. The van der Waals surface area contributed by atoms with Gasteiger partial charge in [0.1, 0.15) is 6.20 Å². The van der Waals surface area contributed by atoms with Crippen LogP contribution in [0.1, 0.15) is 23.7 Å². The molecule has 3 N–H and O–H groups in total. The molecule has 20 heavy (non-hydrogen) atoms. The number of aromatic amines is 3. The van der Waals surface area contributed by atoms with Crippen molar-refractivity contribution in [1.82, 2.24) is 46.2 Å². The Hall–Kier alpha value is -3.11. The Bertz CT molecular complexity index is 611. The summed E-state index contributed by atoms with van der Waals surface area (Å²) in [6.07, 6.45) is 4.36. The number of rotatable bonds is 5. The molecule has 0 aliphatic carbocycles. The maximum absolute atomic E-state index is 11.9. The summed E-state index contributed by atoms with van der Waals surface area (Å²) in [7, 11) is 0. The molecule has 0 aromatic carbocycles. The van der Waals surface area contributed by atoms with E-state index in [0.29, 0.717) is 11.4 Å². The van der Waals surface area contributed by atoms with Crippen molar-refractivity contribution in [1.29, 1.82) is 0 Å². The van der Waals surface area contributed by atoms with Crippen molar-refractivity contribution in [2.24, 2.45) is 0 Å². The molecule has 0 atom stereocenters. The second-order valence-electron chi connectivity index (χ2n) is 3.83. The fourth-order valence-electron chi connectivity index (χ4n) is 1.68. The minimum atomic E-state index is -0.491. The van der Waals surface area contributed by atoms with Gasteiger partial charge in [-0.3, -0.25) is 4.79 Å². The fourth-order valence-corrected chi connectivity index (χ4v) is 1.68. The first-order chi connectivity index (χ1) is 9.83. The molecule has 0 aliphatic heterocycles. The highest BCUT2D eigenvalue weighted by atomic mass is 16.5. The Morgan fingerprint density at radius 2 is 1.60 bits per heavy atom. The van der Waals surface area contributed by atoms with E-state index in [2.05, 4.69) is 46.2 Å². The molecule has 11 nitrogen and oxygen atoms in total. The van der Waals surface area contributed by atoms with Crippen molar-refractivity contribution < 1.29 is 9.53 Å². The third-order valence-electron chi connectivity index (χ3n) is 2.56. The van der Waals surface area contributed by atoms with Crippen LogP contribution in [0.15, 0.2) is 18.6 Å². The molecule has 0 radical (unpaired) electrons. The lowest BCUT2D eigenvalue weighted by Gasteiger charge is -2.09. The molecule has 3 aromatic heterocycles. The van der Waals surface area contributed by atoms with Gasteiger partial charge in [0.05, 0.1) is 36.1 Å². The third-order valence-corrected chi connectivity index (χ3v) is 2.56. The van der Waals surface area contributed by atoms with Gasteiger partial charge in [-0.15, -0.1) is 5.10 Å². The lowest BCUT2D eigenvalue weighted by Crippen LogP contribution is -2.15. The van der Waals surface area contributed by atoms with Crippen molar-refractivity contribution in [3.05, 3.63) is 30.0 Å². The number of hydrogen-bond acceptors (Lipinski definition) is 8. The number of nitrogens with one attached hydrogen (secondary N) is 3. The second kappa shape index (κ2) is 5.26. The zero-order valence-corrected chi connectivity index (χ0v) is 10.0. The number of esters is 1. The zero-order chi connectivity index (χ0) is 13.8. The first kappa shape index (κ1) is 12.0. The maximum Gasteiger partial charge on any atom is 0.313 e. The zero-order valence-electron chi connectivity index (χ0n) is 10.0. The van der Waals surface area contributed by atoms with Gasteiger partial charge in [-0.25, -0.2) is 0 Å². The average Bonchev–Trinajstić information content (AvgIpc) is 3.18. The van der Waals surface area contributed by atoms with Gasteiger partial charge in [0.2, 0.25) is 0 Å². The lowest BCUT2D eigenvalue weighted by molar-refractivity contribution is -0.134. The topological polar surface area (TPSA) is 151 Å². The molecule has 3 rings (SSSR count). The SMILES string of the molecule is O=C(CC(c1cn[nH]n1)c1cn[nH]n1)Oc1cn[nH]n1. The van der Waals surface area contributed by atoms with Crippen LogP contribution in [0.5, 0.6) is 5.88 Å². The summed E-state index contributed by atoms with van der Waals surface area (Å²) >= 11 is 0. The van der Waals surface area contributed by atoms with E-state index >= 15 is 0 Å². The lowest BCUT2D eigenvalue weighted by atomic mass is 9.99. The first-order valence-corrected chi connectivity index (χ1v) is 5.60. The van der Waals surface area contributed by atoms with Crippen LogP contribution in [0, 0.1) is 0 Å². The summed E-state index contributed by atoms with van der Waals surface area (Å²) in [5.74, 6) is -0.796. The number of hydrogen-bond donors (Lipinski definition) is 3. The summed E-state index contributed by atoms with van der Waals surface area (Å²) in [4.78, 5) is 11.9. The van der Waals surface area contributed by atoms with Crippen molar-refractivity contribution in [2.45, 2.75) is 12.3 Å². The molecule has 3 aromatic rings. The predicted molar refractivity (Wildman–Crippen MR) is 61.2 cm³/mol. The number of ether oxygens (including phenoxy) is 1. The van der Waals surface area contributed by atoms with E-state index in [1.165, 1.54) is 18.6 Å². The molecule has 0 saturated heterocycles. The van der Waals surface area contributed by atoms with Gasteiger partial charge in [-0.1, -0.05) is 0 Å². The largest absolute Gasteiger partial charge is 0.404 e. The molecule has 0 aliphatic rings. The Labute approximate surface area is 111 Å². The van der Waals surface area contributed by atoms with Crippen LogP contribution in [0.2, 0.25) is 0 Å². The smallest absolute Gasteiger partial charge is 0.313 e. The molecule has 0 spiro atoms. The van der Waals surface area contributed by atoms with Gasteiger partial charge in [0, 0.05) is 0 Å². The van der Waals surface area contributed by atoms with Gasteiger partial charge in [0.25, 0.3) is 5.88 Å². The number of carbonyl (C=O) groups is 1. The van der Waals surface area contributed by atoms with E-state index in [0.717, 1.165) is 0 Å². The summed E-state index contributed by atoms with van der Waals surface area (Å²) in [5.41, 5.74) is 1.13.